The molecule has 4 bridgehead atoms. The Balaban J connectivity index is 1.20. The number of amides is 1. The smallest absolute Gasteiger partial charge is 0.349 e. The van der Waals surface area contributed by atoms with Gasteiger partial charge in [0, 0.05) is 6.54 Å². The monoisotopic (exact) mass is 475 g/mol. The van der Waals surface area contributed by atoms with E-state index in [1.807, 2.05) is 6.26 Å². The first-order valence-corrected chi connectivity index (χ1v) is 13.5. The molecule has 1 amide bonds. The van der Waals surface area contributed by atoms with Crippen LogP contribution in [0.5, 0.6) is 0 Å². The molecule has 0 aromatic carbocycles. The zero-order valence-corrected chi connectivity index (χ0v) is 20.1. The summed E-state index contributed by atoms with van der Waals surface area (Å²) in [5.41, 5.74) is 0.547. The number of rotatable bonds is 7. The van der Waals surface area contributed by atoms with Crippen molar-refractivity contribution in [2.45, 2.75) is 51.2 Å². The molecule has 172 valence electrons. The third-order valence-electron chi connectivity index (χ3n) is 7.48. The van der Waals surface area contributed by atoms with Gasteiger partial charge in [-0.1, -0.05) is 0 Å². The molecule has 2 heterocycles. The van der Waals surface area contributed by atoms with E-state index in [9.17, 15) is 14.4 Å². The van der Waals surface area contributed by atoms with Gasteiger partial charge in [-0.05, 0) is 80.4 Å². The van der Waals surface area contributed by atoms with Gasteiger partial charge < -0.3 is 15.0 Å². The third kappa shape index (κ3) is 4.09. The molecular weight excluding hydrogens is 446 g/mol. The van der Waals surface area contributed by atoms with Gasteiger partial charge in [-0.15, -0.1) is 11.3 Å². The number of esters is 1. The van der Waals surface area contributed by atoms with Gasteiger partial charge in [0.1, 0.15) is 15.5 Å². The minimum absolute atomic E-state index is 0.248. The first-order chi connectivity index (χ1) is 15.4. The first kappa shape index (κ1) is 21.9. The summed E-state index contributed by atoms with van der Waals surface area (Å²) in [6.45, 7) is 2.10. The van der Waals surface area contributed by atoms with Gasteiger partial charge in [0.15, 0.2) is 6.61 Å². The van der Waals surface area contributed by atoms with Crippen LogP contribution in [0.4, 0.5) is 0 Å². The number of aromatic amines is 1. The summed E-state index contributed by atoms with van der Waals surface area (Å²) in [5, 5.41) is 3.45. The molecule has 4 fully saturated rings. The molecule has 0 aliphatic heterocycles. The summed E-state index contributed by atoms with van der Waals surface area (Å²) in [4.78, 5) is 45.6. The largest absolute Gasteiger partial charge is 0.451 e. The number of nitrogens with zero attached hydrogens (tertiary/aromatic N) is 1. The van der Waals surface area contributed by atoms with Crippen LogP contribution in [0.15, 0.2) is 4.79 Å². The van der Waals surface area contributed by atoms with Crippen LogP contribution in [-0.4, -0.2) is 41.3 Å². The summed E-state index contributed by atoms with van der Waals surface area (Å²) < 4.78 is 5.30. The number of hydrogen-bond donors (Lipinski definition) is 2. The van der Waals surface area contributed by atoms with Crippen LogP contribution >= 0.6 is 23.1 Å². The molecule has 0 radical (unpaired) electrons. The van der Waals surface area contributed by atoms with Crippen LogP contribution in [0.1, 0.15) is 59.6 Å². The number of thiophene rings is 1. The van der Waals surface area contributed by atoms with Crippen molar-refractivity contribution in [3.8, 4) is 0 Å². The van der Waals surface area contributed by atoms with Crippen molar-refractivity contribution in [3.05, 3.63) is 26.6 Å². The van der Waals surface area contributed by atoms with E-state index in [2.05, 4.69) is 15.3 Å². The van der Waals surface area contributed by atoms with Crippen LogP contribution in [0.3, 0.4) is 0 Å². The summed E-state index contributed by atoms with van der Waals surface area (Å²) >= 11 is 2.70. The lowest BCUT2D eigenvalue weighted by Gasteiger charge is -2.56. The second-order valence-corrected chi connectivity index (χ2v) is 11.8. The fourth-order valence-corrected chi connectivity index (χ4v) is 8.13. The molecule has 7 nitrogen and oxygen atoms in total. The van der Waals surface area contributed by atoms with Crippen molar-refractivity contribution in [1.82, 2.24) is 15.3 Å². The molecule has 32 heavy (non-hydrogen) atoms. The van der Waals surface area contributed by atoms with E-state index >= 15 is 0 Å². The number of carbonyl (C=O) groups excluding carboxylic acids is 2. The summed E-state index contributed by atoms with van der Waals surface area (Å²) in [6, 6.07) is 0. The van der Waals surface area contributed by atoms with Gasteiger partial charge in [-0.2, -0.15) is 11.8 Å². The number of hydrogen-bond acceptors (Lipinski definition) is 7. The normalized spacial score (nSPS) is 28.2. The number of nitrogens with one attached hydrogen (secondary N) is 2. The third-order valence-corrected chi connectivity index (χ3v) is 9.20. The molecule has 2 N–H and O–H groups in total. The van der Waals surface area contributed by atoms with Crippen LogP contribution in [0, 0.1) is 30.1 Å². The first-order valence-electron chi connectivity index (χ1n) is 11.3. The van der Waals surface area contributed by atoms with Crippen LogP contribution in [0.25, 0.3) is 10.2 Å². The van der Waals surface area contributed by atoms with Crippen LogP contribution in [0.2, 0.25) is 0 Å². The van der Waals surface area contributed by atoms with Crippen molar-refractivity contribution in [2.75, 3.05) is 19.4 Å². The Kier molecular flexibility index (Phi) is 5.82. The molecule has 4 aliphatic carbocycles. The van der Waals surface area contributed by atoms with E-state index in [-0.39, 0.29) is 23.5 Å². The highest BCUT2D eigenvalue weighted by Crippen LogP contribution is 2.59. The average Bonchev–Trinajstić information content (AvgIpc) is 3.07. The standard InChI is InChI=1S/C23H29N3O4S2/c1-12-18-20(28)25-16(10-31-2)26-21(18)32-19(12)22(29)30-9-17(27)24-11-23-6-13-3-14(7-23)5-15(4-13)8-23/h13-15H,3-11H2,1-2H3,(H,24,27)(H,25,26,28). The Morgan fingerprint density at radius 1 is 1.22 bits per heavy atom. The van der Waals surface area contributed by atoms with Crippen molar-refractivity contribution in [3.63, 3.8) is 0 Å². The highest BCUT2D eigenvalue weighted by Gasteiger charge is 2.50. The fourth-order valence-electron chi connectivity index (χ4n) is 6.63. The maximum absolute atomic E-state index is 12.7. The van der Waals surface area contributed by atoms with Gasteiger partial charge in [0.2, 0.25) is 0 Å². The zero-order chi connectivity index (χ0) is 22.5. The molecule has 4 saturated carbocycles. The number of H-pyrrole nitrogens is 1. The highest BCUT2D eigenvalue weighted by molar-refractivity contribution is 7.97. The lowest BCUT2D eigenvalue weighted by molar-refractivity contribution is -0.126. The molecule has 0 atom stereocenters. The maximum Gasteiger partial charge on any atom is 0.349 e. The molecule has 9 heteroatoms. The Morgan fingerprint density at radius 2 is 1.88 bits per heavy atom. The van der Waals surface area contributed by atoms with E-state index < -0.39 is 5.97 Å². The molecule has 0 unspecified atom stereocenters. The van der Waals surface area contributed by atoms with E-state index in [0.29, 0.717) is 38.8 Å². The minimum atomic E-state index is -0.582. The minimum Gasteiger partial charge on any atom is -0.451 e. The van der Waals surface area contributed by atoms with E-state index in [1.165, 1.54) is 38.5 Å². The number of fused-ring (bicyclic) bond motifs is 1. The van der Waals surface area contributed by atoms with Crippen molar-refractivity contribution >= 4 is 45.2 Å². The summed E-state index contributed by atoms with van der Waals surface area (Å²) in [6.07, 6.45) is 9.71. The van der Waals surface area contributed by atoms with E-state index in [1.54, 1.807) is 18.7 Å². The molecule has 4 aliphatic rings. The summed E-state index contributed by atoms with van der Waals surface area (Å²) in [5.74, 6) is 2.83. The topological polar surface area (TPSA) is 101 Å². The van der Waals surface area contributed by atoms with Gasteiger partial charge in [-0.25, -0.2) is 9.78 Å². The van der Waals surface area contributed by atoms with Gasteiger partial charge in [0.25, 0.3) is 11.5 Å². The number of carbonyl (C=O) groups is 2. The number of ether oxygens (including phenoxy) is 1. The average molecular weight is 476 g/mol. The van der Waals surface area contributed by atoms with Crippen molar-refractivity contribution in [2.24, 2.45) is 23.2 Å². The SMILES string of the molecule is CSCc1nc2sc(C(=O)OCC(=O)NCC34CC5CC(CC(C5)C3)C4)c(C)c2c(=O)[nH]1. The van der Waals surface area contributed by atoms with Gasteiger partial charge in [0.05, 0.1) is 11.1 Å². The Morgan fingerprint density at radius 3 is 2.50 bits per heavy atom. The number of aryl methyl sites for hydroxylation is 1. The molecule has 2 aromatic rings. The maximum atomic E-state index is 12.7. The molecule has 6 rings (SSSR count). The van der Waals surface area contributed by atoms with Crippen LogP contribution < -0.4 is 10.9 Å². The van der Waals surface area contributed by atoms with Gasteiger partial charge in [-0.3, -0.25) is 9.59 Å². The fraction of sp³-hybridized carbons (Fsp3) is 0.652. The second-order valence-electron chi connectivity index (χ2n) is 9.95. The lowest BCUT2D eigenvalue weighted by atomic mass is 9.49. The zero-order valence-electron chi connectivity index (χ0n) is 18.5. The molecule has 0 saturated heterocycles. The predicted octanol–water partition coefficient (Wildman–Crippen LogP) is 3.65. The lowest BCUT2D eigenvalue weighted by Crippen LogP contribution is -2.51. The Bertz CT molecular complexity index is 1090. The van der Waals surface area contributed by atoms with E-state index in [0.717, 1.165) is 29.1 Å². The molecule has 0 spiro atoms. The Hall–Kier alpha value is -1.87. The quantitative estimate of drug-likeness (QED) is 0.593. The predicted molar refractivity (Wildman–Crippen MR) is 126 cm³/mol. The van der Waals surface area contributed by atoms with Crippen molar-refractivity contribution in [1.29, 1.82) is 0 Å². The molecular formula is C23H29N3O4S2. The number of aromatic nitrogens is 2. The van der Waals surface area contributed by atoms with Gasteiger partial charge >= 0.3 is 5.97 Å². The summed E-state index contributed by atoms with van der Waals surface area (Å²) in [7, 11) is 0. The van der Waals surface area contributed by atoms with Crippen molar-refractivity contribution < 1.29 is 14.3 Å². The molecule has 2 aromatic heterocycles. The Labute approximate surface area is 195 Å². The van der Waals surface area contributed by atoms with Crippen LogP contribution in [-0.2, 0) is 15.3 Å². The highest BCUT2D eigenvalue weighted by atomic mass is 32.2. The second kappa shape index (κ2) is 8.48. The van der Waals surface area contributed by atoms with E-state index in [4.69, 9.17) is 4.74 Å². The number of thioether (sulfide) groups is 1.